The van der Waals surface area contributed by atoms with E-state index >= 15 is 0 Å². The van der Waals surface area contributed by atoms with Crippen LogP contribution in [-0.2, 0) is 24.2 Å². The molecule has 5 nitrogen and oxygen atoms in total. The lowest BCUT2D eigenvalue weighted by Crippen LogP contribution is -2.30. The van der Waals surface area contributed by atoms with Crippen molar-refractivity contribution < 1.29 is 9.53 Å². The number of primary amides is 1. The largest absolute Gasteiger partial charge is 0.497 e. The zero-order valence-electron chi connectivity index (χ0n) is 15.0. The van der Waals surface area contributed by atoms with Crippen molar-refractivity contribution in [1.82, 2.24) is 4.57 Å². The Hall–Kier alpha value is -3.08. The Balaban J connectivity index is 2.02. The van der Waals surface area contributed by atoms with Gasteiger partial charge >= 0.3 is 0 Å². The van der Waals surface area contributed by atoms with Gasteiger partial charge in [-0.25, -0.2) is 0 Å². The minimum absolute atomic E-state index is 0.152. The molecule has 0 bridgehead atoms. The first-order chi connectivity index (χ1) is 12.5. The normalized spacial score (nSPS) is 10.8. The lowest BCUT2D eigenvalue weighted by Gasteiger charge is -2.13. The Morgan fingerprint density at radius 1 is 1.08 bits per heavy atom. The molecule has 1 aromatic heterocycles. The number of hydrogen-bond acceptors (Lipinski definition) is 3. The Morgan fingerprint density at radius 2 is 1.81 bits per heavy atom. The van der Waals surface area contributed by atoms with Gasteiger partial charge in [0, 0.05) is 11.6 Å². The number of benzene rings is 2. The summed E-state index contributed by atoms with van der Waals surface area (Å²) >= 11 is 0. The number of nitrogens with two attached hydrogens (primary N) is 1. The standard InChI is InChI=1S/C21H22N2O3/c1-14-3-5-15(6-4-14)7-8-17-11-16-9-10-18(26-2)12-19(16)23(21(17)25)13-20(22)24/h3-6,9-12H,7-8,13H2,1-2H3,(H2,22,24). The van der Waals surface area contributed by atoms with E-state index in [1.807, 2.05) is 25.1 Å². The van der Waals surface area contributed by atoms with Crippen LogP contribution >= 0.6 is 0 Å². The number of nitrogens with zero attached hydrogens (tertiary/aromatic N) is 1. The number of carbonyl (C=O) groups excluding carboxylic acids is 1. The van der Waals surface area contributed by atoms with Crippen molar-refractivity contribution in [3.63, 3.8) is 0 Å². The molecule has 26 heavy (non-hydrogen) atoms. The molecular formula is C21H22N2O3. The third-order valence-electron chi connectivity index (χ3n) is 4.50. The van der Waals surface area contributed by atoms with Gasteiger partial charge in [-0.1, -0.05) is 29.8 Å². The monoisotopic (exact) mass is 350 g/mol. The maximum atomic E-state index is 12.9. The molecule has 0 unspecified atom stereocenters. The van der Waals surface area contributed by atoms with Gasteiger partial charge in [0.05, 0.1) is 12.6 Å². The van der Waals surface area contributed by atoms with Gasteiger partial charge in [-0.3, -0.25) is 14.2 Å². The quantitative estimate of drug-likeness (QED) is 0.742. The van der Waals surface area contributed by atoms with Crippen LogP contribution in [0.4, 0.5) is 0 Å². The van der Waals surface area contributed by atoms with Crippen molar-refractivity contribution in [2.24, 2.45) is 5.73 Å². The third-order valence-corrected chi connectivity index (χ3v) is 4.50. The summed E-state index contributed by atoms with van der Waals surface area (Å²) in [5, 5.41) is 0.880. The first-order valence-electron chi connectivity index (χ1n) is 8.52. The predicted molar refractivity (Wildman–Crippen MR) is 103 cm³/mol. The fourth-order valence-electron chi connectivity index (χ4n) is 3.06. The minimum Gasteiger partial charge on any atom is -0.497 e. The number of aromatic nitrogens is 1. The third kappa shape index (κ3) is 3.77. The second kappa shape index (κ2) is 7.44. The van der Waals surface area contributed by atoms with Crippen LogP contribution in [0.2, 0.25) is 0 Å². The molecule has 0 aliphatic carbocycles. The molecule has 2 N–H and O–H groups in total. The maximum Gasteiger partial charge on any atom is 0.254 e. The average molecular weight is 350 g/mol. The summed E-state index contributed by atoms with van der Waals surface area (Å²) in [6.07, 6.45) is 1.36. The van der Waals surface area contributed by atoms with Crippen molar-refractivity contribution in [2.75, 3.05) is 7.11 Å². The number of hydrogen-bond donors (Lipinski definition) is 1. The molecule has 0 radical (unpaired) electrons. The summed E-state index contributed by atoms with van der Waals surface area (Å²) in [6, 6.07) is 15.6. The lowest BCUT2D eigenvalue weighted by atomic mass is 10.0. The van der Waals surface area contributed by atoms with Gasteiger partial charge in [-0.15, -0.1) is 0 Å². The highest BCUT2D eigenvalue weighted by Crippen LogP contribution is 2.21. The highest BCUT2D eigenvalue weighted by molar-refractivity contribution is 5.83. The van der Waals surface area contributed by atoms with Crippen LogP contribution in [-0.4, -0.2) is 17.6 Å². The molecule has 134 valence electrons. The van der Waals surface area contributed by atoms with Gasteiger partial charge in [0.15, 0.2) is 0 Å². The molecule has 1 amide bonds. The number of fused-ring (bicyclic) bond motifs is 1. The van der Waals surface area contributed by atoms with Crippen LogP contribution < -0.4 is 16.0 Å². The predicted octanol–water partition coefficient (Wildman–Crippen LogP) is 2.59. The van der Waals surface area contributed by atoms with E-state index in [0.29, 0.717) is 23.3 Å². The number of rotatable bonds is 6. The zero-order chi connectivity index (χ0) is 18.7. The van der Waals surface area contributed by atoms with Crippen LogP contribution in [0.3, 0.4) is 0 Å². The van der Waals surface area contributed by atoms with Gasteiger partial charge in [0.1, 0.15) is 12.3 Å². The van der Waals surface area contributed by atoms with E-state index < -0.39 is 5.91 Å². The first-order valence-corrected chi connectivity index (χ1v) is 8.52. The van der Waals surface area contributed by atoms with E-state index in [9.17, 15) is 9.59 Å². The topological polar surface area (TPSA) is 74.3 Å². The van der Waals surface area contributed by atoms with Crippen molar-refractivity contribution >= 4 is 16.8 Å². The Kier molecular flexibility index (Phi) is 5.07. The number of ether oxygens (including phenoxy) is 1. The van der Waals surface area contributed by atoms with Crippen LogP contribution in [0.1, 0.15) is 16.7 Å². The minimum atomic E-state index is -0.549. The molecule has 0 fully saturated rings. The first kappa shape index (κ1) is 17.7. The highest BCUT2D eigenvalue weighted by Gasteiger charge is 2.12. The molecule has 0 spiro atoms. The molecule has 3 aromatic rings. The molecular weight excluding hydrogens is 328 g/mol. The second-order valence-corrected chi connectivity index (χ2v) is 6.44. The fraction of sp³-hybridized carbons (Fsp3) is 0.238. The van der Waals surface area contributed by atoms with E-state index in [2.05, 4.69) is 24.3 Å². The number of amides is 1. The Bertz CT molecular complexity index is 1000. The molecule has 1 heterocycles. The number of aryl methyl sites for hydroxylation is 3. The summed E-state index contributed by atoms with van der Waals surface area (Å²) in [7, 11) is 1.56. The lowest BCUT2D eigenvalue weighted by molar-refractivity contribution is -0.118. The van der Waals surface area contributed by atoms with Gasteiger partial charge < -0.3 is 10.5 Å². The Morgan fingerprint density at radius 3 is 2.46 bits per heavy atom. The van der Waals surface area contributed by atoms with E-state index in [1.54, 1.807) is 13.2 Å². The van der Waals surface area contributed by atoms with E-state index in [0.717, 1.165) is 11.8 Å². The number of methoxy groups -OCH3 is 1. The van der Waals surface area contributed by atoms with Gasteiger partial charge in [0.2, 0.25) is 5.91 Å². The van der Waals surface area contributed by atoms with Crippen molar-refractivity contribution in [3.8, 4) is 5.75 Å². The van der Waals surface area contributed by atoms with Crippen LogP contribution in [0, 0.1) is 6.92 Å². The van der Waals surface area contributed by atoms with E-state index in [1.165, 1.54) is 15.7 Å². The highest BCUT2D eigenvalue weighted by atomic mass is 16.5. The SMILES string of the molecule is COc1ccc2cc(CCc3ccc(C)cc3)c(=O)n(CC(N)=O)c2c1. The van der Waals surface area contributed by atoms with Crippen molar-refractivity contribution in [1.29, 1.82) is 0 Å². The van der Waals surface area contributed by atoms with Gasteiger partial charge in [-0.05, 0) is 48.9 Å². The summed E-state index contributed by atoms with van der Waals surface area (Å²) < 4.78 is 6.67. The smallest absolute Gasteiger partial charge is 0.254 e. The number of pyridine rings is 1. The maximum absolute atomic E-state index is 12.9. The summed E-state index contributed by atoms with van der Waals surface area (Å²) in [6.45, 7) is 1.89. The number of carbonyl (C=O) groups is 1. The summed E-state index contributed by atoms with van der Waals surface area (Å²) in [5.41, 5.74) is 8.87. The molecule has 3 rings (SSSR count). The van der Waals surface area contributed by atoms with Crippen molar-refractivity contribution in [3.05, 3.63) is 75.6 Å². The van der Waals surface area contributed by atoms with Gasteiger partial charge in [0.25, 0.3) is 5.56 Å². The van der Waals surface area contributed by atoms with Crippen molar-refractivity contribution in [2.45, 2.75) is 26.3 Å². The molecule has 0 aliphatic rings. The average Bonchev–Trinajstić information content (AvgIpc) is 2.63. The van der Waals surface area contributed by atoms with E-state index in [-0.39, 0.29) is 12.1 Å². The molecule has 0 aliphatic heterocycles. The molecule has 5 heteroatoms. The molecule has 2 aromatic carbocycles. The Labute approximate surface area is 152 Å². The van der Waals surface area contributed by atoms with Crippen LogP contribution in [0.25, 0.3) is 10.9 Å². The molecule has 0 atom stereocenters. The fourth-order valence-corrected chi connectivity index (χ4v) is 3.06. The van der Waals surface area contributed by atoms with E-state index in [4.69, 9.17) is 10.5 Å². The summed E-state index contributed by atoms with van der Waals surface area (Å²) in [5.74, 6) is 0.0782. The van der Waals surface area contributed by atoms with Crippen LogP contribution in [0.15, 0.2) is 53.3 Å². The summed E-state index contributed by atoms with van der Waals surface area (Å²) in [4.78, 5) is 24.4. The molecule has 0 saturated carbocycles. The second-order valence-electron chi connectivity index (χ2n) is 6.44. The molecule has 0 saturated heterocycles. The zero-order valence-corrected chi connectivity index (χ0v) is 15.0. The van der Waals surface area contributed by atoms with Crippen LogP contribution in [0.5, 0.6) is 5.75 Å². The van der Waals surface area contributed by atoms with Gasteiger partial charge in [-0.2, -0.15) is 0 Å².